The third-order valence-corrected chi connectivity index (χ3v) is 9.15. The van der Waals surface area contributed by atoms with Gasteiger partial charge in [0, 0.05) is 23.1 Å². The molecule has 11 heteroatoms. The molecule has 7 rings (SSSR count). The molecule has 3 aromatic carbocycles. The van der Waals surface area contributed by atoms with Gasteiger partial charge in [-0.1, -0.05) is 59.3 Å². The molecule has 2 aromatic heterocycles. The molecule has 2 aliphatic rings. The first-order valence-electron chi connectivity index (χ1n) is 12.9. The van der Waals surface area contributed by atoms with Crippen molar-refractivity contribution in [1.82, 2.24) is 4.98 Å². The van der Waals surface area contributed by atoms with Gasteiger partial charge in [-0.25, -0.2) is 9.37 Å². The maximum Gasteiger partial charge on any atom is 0.297 e. The van der Waals surface area contributed by atoms with E-state index in [1.165, 1.54) is 36.1 Å². The minimum atomic E-state index is -2.04. The Morgan fingerprint density at radius 2 is 1.81 bits per heavy atom. The first kappa shape index (κ1) is 26.2. The topological polar surface area (TPSA) is 101 Å². The van der Waals surface area contributed by atoms with Crippen molar-refractivity contribution in [1.29, 1.82) is 0 Å². The van der Waals surface area contributed by atoms with E-state index >= 15 is 0 Å². The van der Waals surface area contributed by atoms with E-state index in [2.05, 4.69) is 4.98 Å². The molecular weight excluding hydrogens is 581 g/mol. The van der Waals surface area contributed by atoms with Crippen LogP contribution >= 0.6 is 22.9 Å². The maximum absolute atomic E-state index is 14.9. The second-order valence-corrected chi connectivity index (χ2v) is 11.5. The first-order valence-corrected chi connectivity index (χ1v) is 14.1. The molecule has 0 saturated heterocycles. The van der Waals surface area contributed by atoms with Gasteiger partial charge in [0.15, 0.2) is 21.9 Å². The molecule has 0 aliphatic carbocycles. The van der Waals surface area contributed by atoms with Gasteiger partial charge in [-0.05, 0) is 37.3 Å². The number of Topliss-reactive ketones (excluding diaryl/α,β-unsaturated/α-hetero) is 1. The van der Waals surface area contributed by atoms with Gasteiger partial charge in [0.1, 0.15) is 11.4 Å². The monoisotopic (exact) mass is 599 g/mol. The maximum atomic E-state index is 14.9. The van der Waals surface area contributed by atoms with Crippen molar-refractivity contribution in [2.45, 2.75) is 25.9 Å². The standard InChI is InChI=1S/C31H19ClFN3O5S/c1-15-27(16(2)37)42-30(34-15)36-28(39)26-24(25(38)19-13-18(32)11-12-23(19)41-26)31(36)20-8-4-6-10-22(20)35(29(31)40)14-17-7-3-5-9-21(17)33/h3-13H,14H2,1-2H3. The Hall–Kier alpha value is -4.67. The van der Waals surface area contributed by atoms with E-state index in [-0.39, 0.29) is 50.3 Å². The van der Waals surface area contributed by atoms with E-state index in [0.29, 0.717) is 21.8 Å². The van der Waals surface area contributed by atoms with Crippen LogP contribution < -0.4 is 15.2 Å². The lowest BCUT2D eigenvalue weighted by atomic mass is 9.84. The number of hydrogen-bond acceptors (Lipinski definition) is 7. The number of amides is 2. The van der Waals surface area contributed by atoms with Crippen molar-refractivity contribution < 1.29 is 23.2 Å². The van der Waals surface area contributed by atoms with Crippen LogP contribution in [0, 0.1) is 12.7 Å². The number of rotatable bonds is 4. The molecule has 0 fully saturated rings. The summed E-state index contributed by atoms with van der Waals surface area (Å²) in [6.45, 7) is 2.85. The normalized spacial score (nSPS) is 17.4. The summed E-state index contributed by atoms with van der Waals surface area (Å²) < 4.78 is 20.9. The molecule has 42 heavy (non-hydrogen) atoms. The van der Waals surface area contributed by atoms with Gasteiger partial charge in [0.2, 0.25) is 5.76 Å². The smallest absolute Gasteiger partial charge is 0.297 e. The van der Waals surface area contributed by atoms with Crippen molar-refractivity contribution in [3.63, 3.8) is 0 Å². The van der Waals surface area contributed by atoms with Crippen LogP contribution in [0.1, 0.15) is 49.5 Å². The zero-order chi connectivity index (χ0) is 29.5. The summed E-state index contributed by atoms with van der Waals surface area (Å²) in [6.07, 6.45) is 0. The number of aryl methyl sites for hydroxylation is 1. The summed E-state index contributed by atoms with van der Waals surface area (Å²) in [6, 6.07) is 17.2. The Bertz CT molecular complexity index is 2090. The summed E-state index contributed by atoms with van der Waals surface area (Å²) in [4.78, 5) is 63.2. The molecule has 4 heterocycles. The summed E-state index contributed by atoms with van der Waals surface area (Å²) in [5.74, 6) is -2.51. The van der Waals surface area contributed by atoms with Gasteiger partial charge in [-0.15, -0.1) is 0 Å². The SMILES string of the molecule is CC(=O)c1sc(N2C(=O)c3oc4ccc(Cl)cc4c(=O)c3C23C(=O)N(Cc2ccccc2F)c2ccccc23)nc1C. The first-order chi connectivity index (χ1) is 20.1. The number of fused-ring (bicyclic) bond motifs is 5. The molecule has 0 saturated carbocycles. The Kier molecular flexibility index (Phi) is 5.73. The van der Waals surface area contributed by atoms with Crippen molar-refractivity contribution in [2.24, 2.45) is 0 Å². The molecule has 0 bridgehead atoms. The average Bonchev–Trinajstić information content (AvgIpc) is 3.55. The van der Waals surface area contributed by atoms with Crippen LogP contribution in [-0.2, 0) is 16.9 Å². The molecule has 5 aromatic rings. The summed E-state index contributed by atoms with van der Waals surface area (Å²) in [5.41, 5.74) is -1.38. The van der Waals surface area contributed by atoms with Gasteiger partial charge in [-0.3, -0.25) is 24.1 Å². The highest BCUT2D eigenvalue weighted by molar-refractivity contribution is 7.17. The highest BCUT2D eigenvalue weighted by Gasteiger charge is 2.66. The lowest BCUT2D eigenvalue weighted by Crippen LogP contribution is -2.53. The zero-order valence-electron chi connectivity index (χ0n) is 22.1. The molecule has 1 atom stereocenters. The van der Waals surface area contributed by atoms with E-state index in [1.54, 1.807) is 49.4 Å². The van der Waals surface area contributed by atoms with E-state index < -0.39 is 28.6 Å². The molecular formula is C31H19ClFN3O5S. The largest absolute Gasteiger partial charge is 0.450 e. The molecule has 1 spiro atoms. The van der Waals surface area contributed by atoms with Crippen LogP contribution in [0.15, 0.2) is 75.9 Å². The number of benzene rings is 3. The predicted molar refractivity (Wildman–Crippen MR) is 156 cm³/mol. The molecule has 2 aliphatic heterocycles. The second-order valence-electron chi connectivity index (χ2n) is 10.1. The third-order valence-electron chi connectivity index (χ3n) is 7.67. The number of carbonyl (C=O) groups is 3. The van der Waals surface area contributed by atoms with Crippen molar-refractivity contribution >= 4 is 62.3 Å². The van der Waals surface area contributed by atoms with Crippen molar-refractivity contribution in [3.8, 4) is 0 Å². The van der Waals surface area contributed by atoms with Crippen LogP contribution in [-0.4, -0.2) is 22.6 Å². The van der Waals surface area contributed by atoms with E-state index in [0.717, 1.165) is 16.2 Å². The zero-order valence-corrected chi connectivity index (χ0v) is 23.7. The highest BCUT2D eigenvalue weighted by Crippen LogP contribution is 2.55. The predicted octanol–water partition coefficient (Wildman–Crippen LogP) is 6.00. The Labute approximate surface area is 246 Å². The van der Waals surface area contributed by atoms with Crippen LogP contribution in [0.5, 0.6) is 0 Å². The lowest BCUT2D eigenvalue weighted by molar-refractivity contribution is -0.121. The molecule has 0 radical (unpaired) electrons. The molecule has 1 unspecified atom stereocenters. The number of halogens is 2. The fourth-order valence-electron chi connectivity index (χ4n) is 5.89. The Morgan fingerprint density at radius 1 is 1.07 bits per heavy atom. The number of hydrogen-bond donors (Lipinski definition) is 0. The van der Waals surface area contributed by atoms with E-state index in [9.17, 15) is 23.6 Å². The van der Waals surface area contributed by atoms with Gasteiger partial charge in [-0.2, -0.15) is 0 Å². The number of ketones is 1. The Morgan fingerprint density at radius 3 is 2.55 bits per heavy atom. The molecule has 208 valence electrons. The quantitative estimate of drug-likeness (QED) is 0.235. The van der Waals surface area contributed by atoms with E-state index in [1.807, 2.05) is 0 Å². The number of nitrogens with zero attached hydrogens (tertiary/aromatic N) is 3. The number of thiazole rings is 1. The fraction of sp³-hybridized carbons (Fsp3) is 0.129. The number of aromatic nitrogens is 1. The Balaban J connectivity index is 1.57. The van der Waals surface area contributed by atoms with E-state index in [4.69, 9.17) is 16.0 Å². The van der Waals surface area contributed by atoms with Crippen LogP contribution in [0.25, 0.3) is 11.0 Å². The summed E-state index contributed by atoms with van der Waals surface area (Å²) in [5, 5.41) is 0.408. The minimum Gasteiger partial charge on any atom is -0.450 e. The second kappa shape index (κ2) is 9.17. The molecule has 0 N–H and O–H groups in total. The van der Waals surface area contributed by atoms with Gasteiger partial charge in [0.05, 0.1) is 33.8 Å². The molecule has 8 nitrogen and oxygen atoms in total. The van der Waals surface area contributed by atoms with Crippen LogP contribution in [0.4, 0.5) is 15.2 Å². The third kappa shape index (κ3) is 3.42. The van der Waals surface area contributed by atoms with Crippen molar-refractivity contribution in [3.05, 3.63) is 121 Å². The summed E-state index contributed by atoms with van der Waals surface area (Å²) in [7, 11) is 0. The number of carbonyl (C=O) groups excluding carboxylic acids is 3. The van der Waals surface area contributed by atoms with Gasteiger partial charge < -0.3 is 9.32 Å². The number of anilines is 2. The van der Waals surface area contributed by atoms with Crippen LogP contribution in [0.3, 0.4) is 0 Å². The minimum absolute atomic E-state index is 0.0477. The van der Waals surface area contributed by atoms with Gasteiger partial charge in [0.25, 0.3) is 11.8 Å². The lowest BCUT2D eigenvalue weighted by Gasteiger charge is -2.32. The highest BCUT2D eigenvalue weighted by atomic mass is 35.5. The average molecular weight is 600 g/mol. The molecule has 2 amide bonds. The summed E-state index contributed by atoms with van der Waals surface area (Å²) >= 11 is 7.17. The van der Waals surface area contributed by atoms with Gasteiger partial charge >= 0.3 is 0 Å². The fourth-order valence-corrected chi connectivity index (χ4v) is 7.08. The van der Waals surface area contributed by atoms with Crippen LogP contribution in [0.2, 0.25) is 5.02 Å². The number of para-hydroxylation sites is 1. The van der Waals surface area contributed by atoms with Crippen molar-refractivity contribution in [2.75, 3.05) is 9.80 Å².